The van der Waals surface area contributed by atoms with E-state index in [1.54, 1.807) is 31.4 Å². The molecule has 0 aliphatic carbocycles. The van der Waals surface area contributed by atoms with Gasteiger partial charge in [0.1, 0.15) is 5.75 Å². The molecule has 1 aliphatic heterocycles. The second-order valence-corrected chi connectivity index (χ2v) is 8.11. The number of amides is 1. The van der Waals surface area contributed by atoms with E-state index in [9.17, 15) is 13.2 Å². The van der Waals surface area contributed by atoms with Crippen molar-refractivity contribution in [3.05, 3.63) is 24.3 Å². The van der Waals surface area contributed by atoms with Crippen LogP contribution in [0.15, 0.2) is 29.2 Å². The number of sulfonamides is 1. The number of nitrogens with one attached hydrogen (secondary N) is 1. The highest BCUT2D eigenvalue weighted by atomic mass is 32.2. The predicted octanol–water partition coefficient (Wildman–Crippen LogP) is 2.01. The van der Waals surface area contributed by atoms with Crippen LogP contribution in [0.2, 0.25) is 0 Å². The third kappa shape index (κ3) is 4.27. The molecule has 6 nitrogen and oxygen atoms in total. The molecule has 1 amide bonds. The molecule has 1 aliphatic rings. The quantitative estimate of drug-likeness (QED) is 0.848. The topological polar surface area (TPSA) is 75.7 Å². The molecule has 1 aromatic rings. The molecule has 134 valence electrons. The summed E-state index contributed by atoms with van der Waals surface area (Å²) in [6.45, 7) is 4.73. The highest BCUT2D eigenvalue weighted by Gasteiger charge is 2.32. The Morgan fingerprint density at radius 1 is 1.29 bits per heavy atom. The van der Waals surface area contributed by atoms with Crippen molar-refractivity contribution >= 4 is 15.9 Å². The van der Waals surface area contributed by atoms with E-state index in [0.29, 0.717) is 31.7 Å². The SMILES string of the molecule is CC[C@H](C)NC(=O)C1CCN(S(=O)(=O)c2ccc(OC)cc2)CC1. The lowest BCUT2D eigenvalue weighted by molar-refractivity contribution is -0.126. The Morgan fingerprint density at radius 3 is 2.38 bits per heavy atom. The Balaban J connectivity index is 1.98. The molecule has 7 heteroatoms. The van der Waals surface area contributed by atoms with Gasteiger partial charge in [-0.1, -0.05) is 6.92 Å². The fourth-order valence-corrected chi connectivity index (χ4v) is 4.19. The van der Waals surface area contributed by atoms with Crippen molar-refractivity contribution in [2.24, 2.45) is 5.92 Å². The molecule has 0 radical (unpaired) electrons. The molecule has 1 atom stereocenters. The summed E-state index contributed by atoms with van der Waals surface area (Å²) in [6, 6.07) is 6.53. The van der Waals surface area contributed by atoms with Crippen LogP contribution < -0.4 is 10.1 Å². The van der Waals surface area contributed by atoms with Crippen LogP contribution in [0.4, 0.5) is 0 Å². The Kier molecular flexibility index (Phi) is 6.23. The minimum atomic E-state index is -3.52. The van der Waals surface area contributed by atoms with Gasteiger partial charge in [-0.15, -0.1) is 0 Å². The summed E-state index contributed by atoms with van der Waals surface area (Å²) in [6.07, 6.45) is 1.99. The first-order valence-electron chi connectivity index (χ1n) is 8.33. The van der Waals surface area contributed by atoms with Crippen molar-refractivity contribution in [3.63, 3.8) is 0 Å². The third-order valence-electron chi connectivity index (χ3n) is 4.52. The molecular weight excluding hydrogens is 328 g/mol. The van der Waals surface area contributed by atoms with Crippen molar-refractivity contribution in [3.8, 4) is 5.75 Å². The van der Waals surface area contributed by atoms with Crippen LogP contribution >= 0.6 is 0 Å². The molecule has 0 aromatic heterocycles. The molecule has 0 unspecified atom stereocenters. The van der Waals surface area contributed by atoms with Gasteiger partial charge in [-0.2, -0.15) is 4.31 Å². The number of benzene rings is 1. The van der Waals surface area contributed by atoms with Crippen molar-refractivity contribution in [1.29, 1.82) is 0 Å². The lowest BCUT2D eigenvalue weighted by atomic mass is 9.97. The molecular formula is C17H26N2O4S. The van der Waals surface area contributed by atoms with E-state index in [-0.39, 0.29) is 22.8 Å². The Hall–Kier alpha value is -1.60. The van der Waals surface area contributed by atoms with Gasteiger partial charge in [0.15, 0.2) is 0 Å². The largest absolute Gasteiger partial charge is 0.497 e. The molecule has 0 spiro atoms. The predicted molar refractivity (Wildman–Crippen MR) is 92.4 cm³/mol. The molecule has 1 fully saturated rings. The van der Waals surface area contributed by atoms with Crippen LogP contribution in [0.5, 0.6) is 5.75 Å². The van der Waals surface area contributed by atoms with Crippen LogP contribution in [-0.4, -0.2) is 44.9 Å². The highest BCUT2D eigenvalue weighted by Crippen LogP contribution is 2.25. The van der Waals surface area contributed by atoms with E-state index < -0.39 is 10.0 Å². The number of piperidine rings is 1. The minimum Gasteiger partial charge on any atom is -0.497 e. The zero-order valence-electron chi connectivity index (χ0n) is 14.5. The second kappa shape index (κ2) is 7.98. The average molecular weight is 354 g/mol. The van der Waals surface area contributed by atoms with Crippen molar-refractivity contribution in [2.45, 2.75) is 44.0 Å². The number of hydrogen-bond acceptors (Lipinski definition) is 4. The summed E-state index contributed by atoms with van der Waals surface area (Å²) in [7, 11) is -1.98. The maximum Gasteiger partial charge on any atom is 0.243 e. The normalized spacial score (nSPS) is 18.1. The number of ether oxygens (including phenoxy) is 1. The lowest BCUT2D eigenvalue weighted by Crippen LogP contribution is -2.44. The third-order valence-corrected chi connectivity index (χ3v) is 6.44. The van der Waals surface area contributed by atoms with Crippen LogP contribution in [0.25, 0.3) is 0 Å². The fraction of sp³-hybridized carbons (Fsp3) is 0.588. The number of rotatable bonds is 6. The Labute approximate surface area is 144 Å². The van der Waals surface area contributed by atoms with Crippen molar-refractivity contribution in [1.82, 2.24) is 9.62 Å². The smallest absolute Gasteiger partial charge is 0.243 e. The zero-order chi connectivity index (χ0) is 17.7. The fourth-order valence-electron chi connectivity index (χ4n) is 2.72. The van der Waals surface area contributed by atoms with E-state index in [1.807, 2.05) is 13.8 Å². The summed E-state index contributed by atoms with van der Waals surface area (Å²) in [5.74, 6) is 0.543. The van der Waals surface area contributed by atoms with Gasteiger partial charge in [-0.25, -0.2) is 8.42 Å². The zero-order valence-corrected chi connectivity index (χ0v) is 15.3. The summed E-state index contributed by atoms with van der Waals surface area (Å²) < 4.78 is 31.9. The van der Waals surface area contributed by atoms with Gasteiger partial charge in [0, 0.05) is 25.0 Å². The molecule has 24 heavy (non-hydrogen) atoms. The average Bonchev–Trinajstić information content (AvgIpc) is 2.61. The standard InChI is InChI=1S/C17H26N2O4S/c1-4-13(2)18-17(20)14-9-11-19(12-10-14)24(21,22)16-7-5-15(23-3)6-8-16/h5-8,13-14H,4,9-12H2,1-3H3,(H,18,20)/t13-/m0/s1. The first-order chi connectivity index (χ1) is 11.4. The second-order valence-electron chi connectivity index (χ2n) is 6.17. The number of hydrogen-bond donors (Lipinski definition) is 1. The molecule has 1 aromatic carbocycles. The molecule has 2 rings (SSSR count). The Bertz CT molecular complexity index is 650. The van der Waals surface area contributed by atoms with Crippen molar-refractivity contribution in [2.75, 3.05) is 20.2 Å². The number of carbonyl (C=O) groups is 1. The summed E-state index contributed by atoms with van der Waals surface area (Å²) >= 11 is 0. The highest BCUT2D eigenvalue weighted by molar-refractivity contribution is 7.89. The maximum atomic E-state index is 12.7. The number of methoxy groups -OCH3 is 1. The first kappa shape index (κ1) is 18.7. The van der Waals surface area contributed by atoms with Gasteiger partial charge in [0.05, 0.1) is 12.0 Å². The van der Waals surface area contributed by atoms with Gasteiger partial charge >= 0.3 is 0 Å². The molecule has 1 N–H and O–H groups in total. The number of carbonyl (C=O) groups excluding carboxylic acids is 1. The van der Waals surface area contributed by atoms with E-state index in [2.05, 4.69) is 5.32 Å². The minimum absolute atomic E-state index is 0.0332. The van der Waals surface area contributed by atoms with E-state index in [1.165, 1.54) is 4.31 Å². The summed E-state index contributed by atoms with van der Waals surface area (Å²) in [5.41, 5.74) is 0. The van der Waals surface area contributed by atoms with E-state index in [0.717, 1.165) is 6.42 Å². The van der Waals surface area contributed by atoms with Crippen LogP contribution in [0, 0.1) is 5.92 Å². The lowest BCUT2D eigenvalue weighted by Gasteiger charge is -2.31. The van der Waals surface area contributed by atoms with Gasteiger partial charge in [-0.3, -0.25) is 4.79 Å². The van der Waals surface area contributed by atoms with Gasteiger partial charge in [0.25, 0.3) is 0 Å². The molecule has 0 bridgehead atoms. The first-order valence-corrected chi connectivity index (χ1v) is 9.77. The summed E-state index contributed by atoms with van der Waals surface area (Å²) in [5, 5.41) is 2.98. The van der Waals surface area contributed by atoms with E-state index >= 15 is 0 Å². The van der Waals surface area contributed by atoms with Gasteiger partial charge < -0.3 is 10.1 Å². The maximum absolute atomic E-state index is 12.7. The van der Waals surface area contributed by atoms with Crippen LogP contribution in [0.1, 0.15) is 33.1 Å². The van der Waals surface area contributed by atoms with Gasteiger partial charge in [0.2, 0.25) is 15.9 Å². The van der Waals surface area contributed by atoms with Crippen molar-refractivity contribution < 1.29 is 17.9 Å². The molecule has 1 heterocycles. The molecule has 1 saturated heterocycles. The van der Waals surface area contributed by atoms with E-state index in [4.69, 9.17) is 4.74 Å². The Morgan fingerprint density at radius 2 is 1.88 bits per heavy atom. The van der Waals surface area contributed by atoms with Crippen LogP contribution in [-0.2, 0) is 14.8 Å². The molecule has 0 saturated carbocycles. The number of nitrogens with zero attached hydrogens (tertiary/aromatic N) is 1. The van der Waals surface area contributed by atoms with Gasteiger partial charge in [-0.05, 0) is 50.5 Å². The summed E-state index contributed by atoms with van der Waals surface area (Å²) in [4.78, 5) is 12.4. The van der Waals surface area contributed by atoms with Crippen LogP contribution in [0.3, 0.4) is 0 Å². The monoisotopic (exact) mass is 354 g/mol.